The van der Waals surface area contributed by atoms with Crippen LogP contribution in [0.4, 0.5) is 0 Å². The monoisotopic (exact) mass is 545 g/mol. The van der Waals surface area contributed by atoms with Gasteiger partial charge in [-0.3, -0.25) is 14.4 Å². The predicted octanol–water partition coefficient (Wildman–Crippen LogP) is 3.77. The van der Waals surface area contributed by atoms with Gasteiger partial charge in [-0.2, -0.15) is 0 Å². The van der Waals surface area contributed by atoms with E-state index in [-0.39, 0.29) is 31.7 Å². The Hall–Kier alpha value is -4.37. The normalized spacial score (nSPS) is 12.4. The summed E-state index contributed by atoms with van der Waals surface area (Å²) in [5.74, 6) is 0.110. The Morgan fingerprint density at radius 3 is 2.45 bits per heavy atom. The van der Waals surface area contributed by atoms with Crippen molar-refractivity contribution in [2.75, 3.05) is 33.1 Å². The molecule has 0 spiro atoms. The van der Waals surface area contributed by atoms with Gasteiger partial charge in [-0.1, -0.05) is 54.1 Å². The molecule has 0 radical (unpaired) electrons. The summed E-state index contributed by atoms with van der Waals surface area (Å²) in [5.41, 5.74) is 2.90. The second-order valence-electron chi connectivity index (χ2n) is 9.41. The number of carbonyl (C=O) groups is 3. The summed E-state index contributed by atoms with van der Waals surface area (Å²) in [4.78, 5) is 41.6. The smallest absolute Gasteiger partial charge is 0.251 e. The van der Waals surface area contributed by atoms with E-state index < -0.39 is 11.9 Å². The third-order valence-corrected chi connectivity index (χ3v) is 6.47. The molecule has 40 heavy (non-hydrogen) atoms. The topological polar surface area (TPSA) is 106 Å². The summed E-state index contributed by atoms with van der Waals surface area (Å²) in [5, 5.41) is 5.67. The van der Waals surface area contributed by atoms with Crippen LogP contribution in [0.2, 0.25) is 0 Å². The van der Waals surface area contributed by atoms with Gasteiger partial charge in [-0.05, 0) is 55.7 Å². The Morgan fingerprint density at radius 2 is 1.70 bits per heavy atom. The number of nitrogens with one attached hydrogen (secondary N) is 2. The molecule has 0 unspecified atom stereocenters. The molecule has 1 atom stereocenters. The van der Waals surface area contributed by atoms with Crippen LogP contribution in [0.15, 0.2) is 72.8 Å². The summed E-state index contributed by atoms with van der Waals surface area (Å²) in [6, 6.07) is 20.7. The lowest BCUT2D eigenvalue weighted by Crippen LogP contribution is -2.47. The SMILES string of the molecule is CCOCCCNC(=O)[C@H](c1ccc(C)cc1)N(Cc1ccc2c(c1)OCO2)C(=O)CNC(=O)c1ccccc1. The molecule has 1 aliphatic heterocycles. The van der Waals surface area contributed by atoms with E-state index in [1.54, 1.807) is 36.4 Å². The number of carbonyl (C=O) groups excluding carboxylic acids is 3. The number of ether oxygens (including phenoxy) is 3. The largest absolute Gasteiger partial charge is 0.454 e. The predicted molar refractivity (Wildman–Crippen MR) is 150 cm³/mol. The fourth-order valence-electron chi connectivity index (χ4n) is 4.36. The van der Waals surface area contributed by atoms with Crippen LogP contribution in [0, 0.1) is 6.92 Å². The second kappa shape index (κ2) is 14.1. The minimum Gasteiger partial charge on any atom is -0.454 e. The zero-order chi connectivity index (χ0) is 28.3. The van der Waals surface area contributed by atoms with Crippen molar-refractivity contribution in [3.63, 3.8) is 0 Å². The number of amides is 3. The lowest BCUT2D eigenvalue weighted by Gasteiger charge is -2.32. The molecule has 2 N–H and O–H groups in total. The van der Waals surface area contributed by atoms with Crippen molar-refractivity contribution in [2.24, 2.45) is 0 Å². The van der Waals surface area contributed by atoms with Gasteiger partial charge in [-0.25, -0.2) is 0 Å². The maximum absolute atomic E-state index is 13.8. The van der Waals surface area contributed by atoms with Gasteiger partial charge in [-0.15, -0.1) is 0 Å². The van der Waals surface area contributed by atoms with E-state index in [2.05, 4.69) is 10.6 Å². The summed E-state index contributed by atoms with van der Waals surface area (Å²) in [6.45, 7) is 5.37. The number of hydrogen-bond acceptors (Lipinski definition) is 6. The molecule has 0 saturated carbocycles. The molecule has 0 aromatic heterocycles. The molecule has 9 nitrogen and oxygen atoms in total. The van der Waals surface area contributed by atoms with Crippen molar-refractivity contribution >= 4 is 17.7 Å². The first kappa shape index (κ1) is 28.6. The van der Waals surface area contributed by atoms with E-state index in [0.717, 1.165) is 11.1 Å². The molecule has 0 fully saturated rings. The van der Waals surface area contributed by atoms with Gasteiger partial charge in [0.05, 0.1) is 6.54 Å². The van der Waals surface area contributed by atoms with Crippen molar-refractivity contribution in [1.29, 1.82) is 0 Å². The van der Waals surface area contributed by atoms with Crippen molar-refractivity contribution in [3.8, 4) is 11.5 Å². The van der Waals surface area contributed by atoms with E-state index in [1.165, 1.54) is 4.90 Å². The molecule has 0 bridgehead atoms. The molecule has 9 heteroatoms. The van der Waals surface area contributed by atoms with Gasteiger partial charge in [0.25, 0.3) is 5.91 Å². The van der Waals surface area contributed by atoms with E-state index in [9.17, 15) is 14.4 Å². The molecular weight excluding hydrogens is 510 g/mol. The molecular formula is C31H35N3O6. The summed E-state index contributed by atoms with van der Waals surface area (Å²) in [6.07, 6.45) is 0.642. The molecule has 3 amide bonds. The van der Waals surface area contributed by atoms with Gasteiger partial charge in [0.1, 0.15) is 6.04 Å². The van der Waals surface area contributed by atoms with Crippen LogP contribution in [0.5, 0.6) is 11.5 Å². The minimum atomic E-state index is -0.931. The van der Waals surface area contributed by atoms with Crippen LogP contribution < -0.4 is 20.1 Å². The Morgan fingerprint density at radius 1 is 0.950 bits per heavy atom. The van der Waals surface area contributed by atoms with Crippen molar-refractivity contribution < 1.29 is 28.6 Å². The molecule has 3 aromatic rings. The average molecular weight is 546 g/mol. The quantitative estimate of drug-likeness (QED) is 0.317. The highest BCUT2D eigenvalue weighted by Crippen LogP contribution is 2.34. The number of benzene rings is 3. The van der Waals surface area contributed by atoms with Gasteiger partial charge in [0.2, 0.25) is 18.6 Å². The van der Waals surface area contributed by atoms with Crippen LogP contribution in [0.1, 0.15) is 46.4 Å². The number of aryl methyl sites for hydroxylation is 1. The number of nitrogens with zero attached hydrogens (tertiary/aromatic N) is 1. The summed E-state index contributed by atoms with van der Waals surface area (Å²) < 4.78 is 16.3. The standard InChI is InChI=1S/C31H35N3O6/c1-3-38-17-7-16-32-31(37)29(24-13-10-22(2)11-14-24)34(20-23-12-15-26-27(18-23)40-21-39-26)28(35)19-33-30(36)25-8-5-4-6-9-25/h4-6,8-15,18,29H,3,7,16-17,19-21H2,1-2H3,(H,32,37)(H,33,36)/t29-/m0/s1. The summed E-state index contributed by atoms with van der Waals surface area (Å²) in [7, 11) is 0. The van der Waals surface area contributed by atoms with Crippen molar-refractivity contribution in [2.45, 2.75) is 32.9 Å². The molecule has 3 aromatic carbocycles. The third kappa shape index (κ3) is 7.60. The minimum absolute atomic E-state index is 0.113. The second-order valence-corrected chi connectivity index (χ2v) is 9.41. The average Bonchev–Trinajstić information content (AvgIpc) is 3.45. The maximum atomic E-state index is 13.8. The lowest BCUT2D eigenvalue weighted by molar-refractivity contribution is -0.140. The molecule has 210 valence electrons. The highest BCUT2D eigenvalue weighted by Gasteiger charge is 2.32. The first-order valence-electron chi connectivity index (χ1n) is 13.4. The third-order valence-electron chi connectivity index (χ3n) is 6.47. The molecule has 1 heterocycles. The van der Waals surface area contributed by atoms with Crippen LogP contribution in [-0.2, 0) is 20.9 Å². The number of fused-ring (bicyclic) bond motifs is 1. The van der Waals surface area contributed by atoms with E-state index >= 15 is 0 Å². The number of hydrogen-bond donors (Lipinski definition) is 2. The Bertz CT molecular complexity index is 1300. The summed E-state index contributed by atoms with van der Waals surface area (Å²) >= 11 is 0. The van der Waals surface area contributed by atoms with Gasteiger partial charge in [0.15, 0.2) is 11.5 Å². The highest BCUT2D eigenvalue weighted by atomic mass is 16.7. The van der Waals surface area contributed by atoms with Gasteiger partial charge < -0.3 is 29.7 Å². The van der Waals surface area contributed by atoms with Crippen LogP contribution in [0.25, 0.3) is 0 Å². The Kier molecular flexibility index (Phi) is 10.1. The van der Waals surface area contributed by atoms with Crippen LogP contribution >= 0.6 is 0 Å². The van der Waals surface area contributed by atoms with Gasteiger partial charge >= 0.3 is 0 Å². The van der Waals surface area contributed by atoms with Crippen molar-refractivity contribution in [3.05, 3.63) is 95.1 Å². The lowest BCUT2D eigenvalue weighted by atomic mass is 10.0. The molecule has 0 aliphatic carbocycles. The zero-order valence-electron chi connectivity index (χ0n) is 22.9. The first-order valence-corrected chi connectivity index (χ1v) is 13.4. The Balaban J connectivity index is 1.61. The molecule has 0 saturated heterocycles. The maximum Gasteiger partial charge on any atom is 0.251 e. The first-order chi connectivity index (χ1) is 19.5. The molecule has 4 rings (SSSR count). The fraction of sp³-hybridized carbons (Fsp3) is 0.323. The fourth-order valence-corrected chi connectivity index (χ4v) is 4.36. The van der Waals surface area contributed by atoms with E-state index in [4.69, 9.17) is 14.2 Å². The van der Waals surface area contributed by atoms with E-state index in [1.807, 2.05) is 50.2 Å². The van der Waals surface area contributed by atoms with E-state index in [0.29, 0.717) is 48.8 Å². The molecule has 1 aliphatic rings. The van der Waals surface area contributed by atoms with Crippen LogP contribution in [0.3, 0.4) is 0 Å². The zero-order valence-corrected chi connectivity index (χ0v) is 22.9. The van der Waals surface area contributed by atoms with Crippen LogP contribution in [-0.4, -0.2) is 55.7 Å². The highest BCUT2D eigenvalue weighted by molar-refractivity contribution is 5.97. The Labute approximate surface area is 234 Å². The van der Waals surface area contributed by atoms with Gasteiger partial charge in [0, 0.05) is 31.9 Å². The number of rotatable bonds is 13. The van der Waals surface area contributed by atoms with Crippen molar-refractivity contribution in [1.82, 2.24) is 15.5 Å².